The number of nitrogens with zero attached hydrogens (tertiary/aromatic N) is 3. The third-order valence-electron chi connectivity index (χ3n) is 5.14. The lowest BCUT2D eigenvalue weighted by atomic mass is 9.99. The Morgan fingerprint density at radius 1 is 0.958 bits per heavy atom. The topological polar surface area (TPSA) is 41.1 Å². The number of aryl methyl sites for hydroxylation is 1. The van der Waals surface area contributed by atoms with Crippen LogP contribution in [0.2, 0.25) is 0 Å². The van der Waals surface area contributed by atoms with Gasteiger partial charge in [-0.15, -0.1) is 0 Å². The Morgan fingerprint density at radius 3 is 2.46 bits per heavy atom. The quantitative estimate of drug-likeness (QED) is 0.919. The molecule has 0 aliphatic carbocycles. The third kappa shape index (κ3) is 3.16. The summed E-state index contributed by atoms with van der Waals surface area (Å²) in [6.45, 7) is 6.17. The minimum absolute atomic E-state index is 0.859. The molecule has 1 N–H and O–H groups in total. The van der Waals surface area contributed by atoms with Crippen molar-refractivity contribution >= 4 is 5.95 Å². The lowest BCUT2D eigenvalue weighted by molar-refractivity contribution is 0.620. The zero-order valence-electron chi connectivity index (χ0n) is 14.5. The zero-order chi connectivity index (χ0) is 16.4. The second-order valence-corrected chi connectivity index (χ2v) is 6.99. The molecule has 0 bridgehead atoms. The molecule has 24 heavy (non-hydrogen) atoms. The van der Waals surface area contributed by atoms with Crippen LogP contribution in [0.1, 0.15) is 42.5 Å². The molecule has 2 aliphatic rings. The molecule has 0 spiro atoms. The van der Waals surface area contributed by atoms with Crippen LogP contribution in [0, 0.1) is 6.92 Å². The summed E-state index contributed by atoms with van der Waals surface area (Å²) in [5.74, 6) is 0.926. The first-order valence-electron chi connectivity index (χ1n) is 9.24. The highest BCUT2D eigenvalue weighted by Crippen LogP contribution is 2.29. The average Bonchev–Trinajstić information content (AvgIpc) is 2.91. The lowest BCUT2D eigenvalue weighted by Crippen LogP contribution is -2.30. The summed E-state index contributed by atoms with van der Waals surface area (Å²) < 4.78 is 0. The molecule has 0 unspecified atom stereocenters. The number of aromatic nitrogens is 2. The van der Waals surface area contributed by atoms with Crippen LogP contribution in [0.15, 0.2) is 24.3 Å². The molecule has 1 fully saturated rings. The van der Waals surface area contributed by atoms with Crippen molar-refractivity contribution in [2.24, 2.45) is 0 Å². The van der Waals surface area contributed by atoms with E-state index in [1.54, 1.807) is 0 Å². The molecule has 0 atom stereocenters. The molecule has 1 aromatic carbocycles. The summed E-state index contributed by atoms with van der Waals surface area (Å²) in [5, 5.41) is 3.46. The van der Waals surface area contributed by atoms with Gasteiger partial charge in [0, 0.05) is 30.8 Å². The van der Waals surface area contributed by atoms with Crippen molar-refractivity contribution < 1.29 is 0 Å². The maximum absolute atomic E-state index is 5.04. The second kappa shape index (κ2) is 6.89. The highest BCUT2D eigenvalue weighted by molar-refractivity contribution is 5.66. The Kier molecular flexibility index (Phi) is 4.48. The largest absolute Gasteiger partial charge is 0.341 e. The first kappa shape index (κ1) is 15.6. The van der Waals surface area contributed by atoms with Gasteiger partial charge in [-0.3, -0.25) is 0 Å². The van der Waals surface area contributed by atoms with Gasteiger partial charge in [-0.1, -0.05) is 42.7 Å². The Morgan fingerprint density at radius 2 is 1.71 bits per heavy atom. The van der Waals surface area contributed by atoms with Crippen LogP contribution in [-0.4, -0.2) is 29.6 Å². The van der Waals surface area contributed by atoms with E-state index in [4.69, 9.17) is 9.97 Å². The van der Waals surface area contributed by atoms with Crippen molar-refractivity contribution in [1.29, 1.82) is 0 Å². The van der Waals surface area contributed by atoms with Gasteiger partial charge in [-0.05, 0) is 32.7 Å². The van der Waals surface area contributed by atoms with Gasteiger partial charge >= 0.3 is 0 Å². The number of hydrogen-bond acceptors (Lipinski definition) is 4. The van der Waals surface area contributed by atoms with Gasteiger partial charge in [0.15, 0.2) is 0 Å². The molecule has 4 nitrogen and oxygen atoms in total. The first-order valence-corrected chi connectivity index (χ1v) is 9.24. The van der Waals surface area contributed by atoms with Crippen molar-refractivity contribution in [3.05, 3.63) is 41.1 Å². The number of anilines is 1. The van der Waals surface area contributed by atoms with E-state index >= 15 is 0 Å². The molecule has 2 aromatic rings. The number of fused-ring (bicyclic) bond motifs is 1. The molecular weight excluding hydrogens is 296 g/mol. The van der Waals surface area contributed by atoms with E-state index in [0.717, 1.165) is 44.2 Å². The van der Waals surface area contributed by atoms with Crippen LogP contribution in [0.3, 0.4) is 0 Å². The fraction of sp³-hybridized carbons (Fsp3) is 0.500. The van der Waals surface area contributed by atoms with Gasteiger partial charge in [0.2, 0.25) is 5.95 Å². The van der Waals surface area contributed by atoms with Crippen LogP contribution >= 0.6 is 0 Å². The highest BCUT2D eigenvalue weighted by Gasteiger charge is 2.21. The van der Waals surface area contributed by atoms with E-state index in [1.165, 1.54) is 48.1 Å². The van der Waals surface area contributed by atoms with Crippen LogP contribution < -0.4 is 10.2 Å². The maximum atomic E-state index is 5.04. The fourth-order valence-electron chi connectivity index (χ4n) is 3.71. The molecule has 1 aromatic heterocycles. The molecule has 2 aliphatic heterocycles. The summed E-state index contributed by atoms with van der Waals surface area (Å²) in [7, 11) is 0. The van der Waals surface area contributed by atoms with Crippen molar-refractivity contribution in [1.82, 2.24) is 15.3 Å². The van der Waals surface area contributed by atoms with E-state index in [2.05, 4.69) is 41.4 Å². The van der Waals surface area contributed by atoms with Crippen LogP contribution in [0.5, 0.6) is 0 Å². The van der Waals surface area contributed by atoms with Crippen molar-refractivity contribution in [3.63, 3.8) is 0 Å². The molecule has 0 saturated carbocycles. The first-order chi connectivity index (χ1) is 11.8. The van der Waals surface area contributed by atoms with Gasteiger partial charge in [0.1, 0.15) is 0 Å². The molecule has 126 valence electrons. The Bertz CT molecular complexity index is 700. The van der Waals surface area contributed by atoms with Crippen LogP contribution in [0.25, 0.3) is 11.3 Å². The van der Waals surface area contributed by atoms with Gasteiger partial charge in [0.05, 0.1) is 11.4 Å². The molecule has 3 heterocycles. The molecular formula is C20H26N4. The van der Waals surface area contributed by atoms with Crippen molar-refractivity contribution in [2.45, 2.75) is 45.6 Å². The van der Waals surface area contributed by atoms with Crippen molar-refractivity contribution in [3.8, 4) is 11.3 Å². The predicted molar refractivity (Wildman–Crippen MR) is 98.3 cm³/mol. The van der Waals surface area contributed by atoms with Crippen LogP contribution in [0.4, 0.5) is 5.95 Å². The Labute approximate surface area is 144 Å². The average molecular weight is 322 g/mol. The second-order valence-electron chi connectivity index (χ2n) is 6.99. The number of nitrogens with one attached hydrogen (secondary N) is 1. The summed E-state index contributed by atoms with van der Waals surface area (Å²) in [4.78, 5) is 12.4. The Balaban J connectivity index is 1.78. The third-order valence-corrected chi connectivity index (χ3v) is 5.14. The van der Waals surface area contributed by atoms with E-state index in [-0.39, 0.29) is 0 Å². The molecule has 0 amide bonds. The zero-order valence-corrected chi connectivity index (χ0v) is 14.5. The molecule has 0 radical (unpaired) electrons. The van der Waals surface area contributed by atoms with Gasteiger partial charge in [-0.2, -0.15) is 0 Å². The Hall–Kier alpha value is -1.94. The smallest absolute Gasteiger partial charge is 0.226 e. The van der Waals surface area contributed by atoms with Gasteiger partial charge < -0.3 is 10.2 Å². The standard InChI is InChI=1S/C20H26N4/c1-15-6-8-16(9-7-15)19-17-10-11-21-14-18(17)22-20(23-19)24-12-4-2-3-5-13-24/h6-9,21H,2-5,10-14H2,1H3. The van der Waals surface area contributed by atoms with Gasteiger partial charge in [0.25, 0.3) is 0 Å². The minimum Gasteiger partial charge on any atom is -0.341 e. The number of rotatable bonds is 2. The molecule has 1 saturated heterocycles. The summed E-state index contributed by atoms with van der Waals surface area (Å²) >= 11 is 0. The van der Waals surface area contributed by atoms with E-state index < -0.39 is 0 Å². The van der Waals surface area contributed by atoms with E-state index in [0.29, 0.717) is 0 Å². The van der Waals surface area contributed by atoms with Gasteiger partial charge in [-0.25, -0.2) is 9.97 Å². The summed E-state index contributed by atoms with van der Waals surface area (Å²) in [6.07, 6.45) is 6.16. The highest BCUT2D eigenvalue weighted by atomic mass is 15.3. The van der Waals surface area contributed by atoms with Crippen LogP contribution in [-0.2, 0) is 13.0 Å². The van der Waals surface area contributed by atoms with E-state index in [9.17, 15) is 0 Å². The minimum atomic E-state index is 0.859. The SMILES string of the molecule is Cc1ccc(-c2nc(N3CCCCCC3)nc3c2CCNC3)cc1. The summed E-state index contributed by atoms with van der Waals surface area (Å²) in [6, 6.07) is 8.76. The van der Waals surface area contributed by atoms with Crippen molar-refractivity contribution in [2.75, 3.05) is 24.5 Å². The monoisotopic (exact) mass is 322 g/mol. The fourth-order valence-corrected chi connectivity index (χ4v) is 3.71. The normalized spacial score (nSPS) is 18.1. The summed E-state index contributed by atoms with van der Waals surface area (Å²) in [5.41, 5.74) is 6.16. The molecule has 4 heteroatoms. The molecule has 4 rings (SSSR count). The number of hydrogen-bond donors (Lipinski definition) is 1. The van der Waals surface area contributed by atoms with E-state index in [1.807, 2.05) is 0 Å². The maximum Gasteiger partial charge on any atom is 0.226 e. The predicted octanol–water partition coefficient (Wildman–Crippen LogP) is 3.48. The number of benzene rings is 1. The lowest BCUT2D eigenvalue weighted by Gasteiger charge is -2.25.